The maximum atomic E-state index is 12.2. The quantitative estimate of drug-likeness (QED) is 0.774. The predicted molar refractivity (Wildman–Crippen MR) is 110 cm³/mol. The summed E-state index contributed by atoms with van der Waals surface area (Å²) in [6, 6.07) is 11.2. The van der Waals surface area contributed by atoms with Crippen LogP contribution in [0.15, 0.2) is 35.9 Å². The second-order valence-corrected chi connectivity index (χ2v) is 7.53. The summed E-state index contributed by atoms with van der Waals surface area (Å²) in [5.74, 6) is -0.00717. The van der Waals surface area contributed by atoms with Crippen LogP contribution in [0.25, 0.3) is 17.2 Å². The first-order valence-electron chi connectivity index (χ1n) is 9.32. The minimum atomic E-state index is -0.00717. The molecule has 0 spiro atoms. The number of hydrogen-bond donors (Lipinski definition) is 2. The second-order valence-electron chi connectivity index (χ2n) is 7.53. The summed E-state index contributed by atoms with van der Waals surface area (Å²) in [4.78, 5) is 12.2. The number of nitrogens with one attached hydrogen (secondary N) is 2. The van der Waals surface area contributed by atoms with Crippen molar-refractivity contribution in [1.29, 1.82) is 0 Å². The molecular formula is C23H28N2O. The lowest BCUT2D eigenvalue weighted by molar-refractivity contribution is -0.117. The van der Waals surface area contributed by atoms with Gasteiger partial charge in [0, 0.05) is 23.8 Å². The number of fused-ring (bicyclic) bond motifs is 1. The van der Waals surface area contributed by atoms with Crippen LogP contribution in [0.4, 0.5) is 5.69 Å². The van der Waals surface area contributed by atoms with E-state index in [1.165, 1.54) is 33.5 Å². The molecule has 2 N–H and O–H groups in total. The van der Waals surface area contributed by atoms with Crippen molar-refractivity contribution in [3.63, 3.8) is 0 Å². The largest absolute Gasteiger partial charge is 0.384 e. The molecule has 3 rings (SSSR count). The molecule has 0 atom stereocenters. The highest BCUT2D eigenvalue weighted by atomic mass is 16.1. The lowest BCUT2D eigenvalue weighted by atomic mass is 9.93. The summed E-state index contributed by atoms with van der Waals surface area (Å²) in [6.45, 7) is 11.1. The van der Waals surface area contributed by atoms with Crippen LogP contribution in [0.5, 0.6) is 0 Å². The first kappa shape index (κ1) is 18.2. The van der Waals surface area contributed by atoms with Crippen molar-refractivity contribution in [2.24, 2.45) is 0 Å². The summed E-state index contributed by atoms with van der Waals surface area (Å²) in [5.41, 5.74) is 9.42. The van der Waals surface area contributed by atoms with Gasteiger partial charge in [-0.25, -0.2) is 0 Å². The maximum Gasteiger partial charge on any atom is 0.247 e. The molecule has 0 fully saturated rings. The molecule has 0 saturated heterocycles. The third-order valence-electron chi connectivity index (χ3n) is 4.89. The molecule has 0 bridgehead atoms. The molecule has 0 aliphatic carbocycles. The van der Waals surface area contributed by atoms with E-state index < -0.39 is 0 Å². The number of anilines is 1. The average molecular weight is 348 g/mol. The van der Waals surface area contributed by atoms with Crippen LogP contribution in [0.2, 0.25) is 0 Å². The van der Waals surface area contributed by atoms with E-state index in [4.69, 9.17) is 0 Å². The van der Waals surface area contributed by atoms with E-state index in [0.29, 0.717) is 0 Å². The fourth-order valence-corrected chi connectivity index (χ4v) is 3.45. The average Bonchev–Trinajstić information content (AvgIpc) is 3.04. The minimum Gasteiger partial charge on any atom is -0.384 e. The Balaban J connectivity index is 1.93. The summed E-state index contributed by atoms with van der Waals surface area (Å²) in [7, 11) is 0. The Morgan fingerprint density at radius 3 is 2.65 bits per heavy atom. The van der Waals surface area contributed by atoms with Crippen LogP contribution in [0.3, 0.4) is 0 Å². The number of amides is 1. The molecule has 1 aliphatic heterocycles. The SMILES string of the molecule is CC(=Cc1cc(C)c(-c2ccc3c(c2)CCN3)cc1C)C(=O)NC(C)C. The van der Waals surface area contributed by atoms with Crippen molar-refractivity contribution in [1.82, 2.24) is 5.32 Å². The van der Waals surface area contributed by atoms with Gasteiger partial charge in [-0.15, -0.1) is 0 Å². The Labute approximate surface area is 156 Å². The fraction of sp³-hybridized carbons (Fsp3) is 0.348. The lowest BCUT2D eigenvalue weighted by Crippen LogP contribution is -2.30. The number of aryl methyl sites for hydroxylation is 2. The first-order chi connectivity index (χ1) is 12.3. The van der Waals surface area contributed by atoms with Gasteiger partial charge in [-0.2, -0.15) is 0 Å². The Morgan fingerprint density at radius 1 is 1.15 bits per heavy atom. The molecule has 0 radical (unpaired) electrons. The van der Waals surface area contributed by atoms with Gasteiger partial charge in [-0.1, -0.05) is 18.2 Å². The Kier molecular flexibility index (Phi) is 5.17. The molecule has 3 heteroatoms. The van der Waals surface area contributed by atoms with Crippen LogP contribution in [-0.4, -0.2) is 18.5 Å². The standard InChI is InChI=1S/C23H28N2O/c1-14(2)25-23(26)17(5)11-20-10-16(4)21(12-15(20)3)18-6-7-22-19(13-18)8-9-24-22/h6-7,10-14,24H,8-9H2,1-5H3,(H,25,26). The van der Waals surface area contributed by atoms with Gasteiger partial charge in [-0.3, -0.25) is 4.79 Å². The van der Waals surface area contributed by atoms with E-state index in [1.54, 1.807) is 0 Å². The van der Waals surface area contributed by atoms with Crippen molar-refractivity contribution in [2.45, 2.75) is 47.1 Å². The van der Waals surface area contributed by atoms with Gasteiger partial charge >= 0.3 is 0 Å². The Morgan fingerprint density at radius 2 is 1.92 bits per heavy atom. The Bertz CT molecular complexity index is 878. The van der Waals surface area contributed by atoms with Crippen molar-refractivity contribution >= 4 is 17.7 Å². The van der Waals surface area contributed by atoms with Gasteiger partial charge in [0.25, 0.3) is 0 Å². The summed E-state index contributed by atoms with van der Waals surface area (Å²) >= 11 is 0. The molecule has 2 aromatic carbocycles. The van der Waals surface area contributed by atoms with Gasteiger partial charge < -0.3 is 10.6 Å². The van der Waals surface area contributed by atoms with Gasteiger partial charge in [0.15, 0.2) is 0 Å². The molecule has 26 heavy (non-hydrogen) atoms. The second kappa shape index (κ2) is 7.36. The zero-order valence-electron chi connectivity index (χ0n) is 16.4. The molecule has 0 saturated carbocycles. The molecule has 2 aromatic rings. The topological polar surface area (TPSA) is 41.1 Å². The smallest absolute Gasteiger partial charge is 0.247 e. The lowest BCUT2D eigenvalue weighted by Gasteiger charge is -2.13. The van der Waals surface area contributed by atoms with Gasteiger partial charge in [-0.05, 0) is 92.6 Å². The fourth-order valence-electron chi connectivity index (χ4n) is 3.45. The summed E-state index contributed by atoms with van der Waals surface area (Å²) < 4.78 is 0. The highest BCUT2D eigenvalue weighted by Gasteiger charge is 2.13. The van der Waals surface area contributed by atoms with Crippen LogP contribution in [0, 0.1) is 13.8 Å². The van der Waals surface area contributed by atoms with E-state index in [-0.39, 0.29) is 11.9 Å². The zero-order valence-corrected chi connectivity index (χ0v) is 16.4. The number of rotatable bonds is 4. The van der Waals surface area contributed by atoms with E-state index in [9.17, 15) is 4.79 Å². The van der Waals surface area contributed by atoms with Crippen LogP contribution < -0.4 is 10.6 Å². The molecule has 0 aromatic heterocycles. The molecule has 1 heterocycles. The third kappa shape index (κ3) is 3.82. The van der Waals surface area contributed by atoms with Gasteiger partial charge in [0.2, 0.25) is 5.91 Å². The monoisotopic (exact) mass is 348 g/mol. The van der Waals surface area contributed by atoms with E-state index in [2.05, 4.69) is 54.8 Å². The van der Waals surface area contributed by atoms with Crippen molar-refractivity contribution in [2.75, 3.05) is 11.9 Å². The minimum absolute atomic E-state index is 0.00717. The zero-order chi connectivity index (χ0) is 18.8. The molecule has 136 valence electrons. The molecule has 1 amide bonds. The summed E-state index contributed by atoms with van der Waals surface area (Å²) in [5, 5.41) is 6.36. The summed E-state index contributed by atoms with van der Waals surface area (Å²) in [6.07, 6.45) is 3.07. The number of hydrogen-bond acceptors (Lipinski definition) is 2. The molecule has 0 unspecified atom stereocenters. The van der Waals surface area contributed by atoms with Crippen LogP contribution in [0.1, 0.15) is 43.0 Å². The van der Waals surface area contributed by atoms with Crippen molar-refractivity contribution in [3.8, 4) is 11.1 Å². The number of benzene rings is 2. The molecule has 1 aliphatic rings. The van der Waals surface area contributed by atoms with Crippen molar-refractivity contribution in [3.05, 3.63) is 58.2 Å². The van der Waals surface area contributed by atoms with E-state index in [0.717, 1.165) is 24.1 Å². The normalized spacial score (nSPS) is 13.5. The van der Waals surface area contributed by atoms with E-state index in [1.807, 2.05) is 26.8 Å². The molecule has 3 nitrogen and oxygen atoms in total. The highest BCUT2D eigenvalue weighted by molar-refractivity contribution is 5.97. The van der Waals surface area contributed by atoms with Gasteiger partial charge in [0.05, 0.1) is 0 Å². The highest BCUT2D eigenvalue weighted by Crippen LogP contribution is 2.32. The van der Waals surface area contributed by atoms with Crippen LogP contribution >= 0.6 is 0 Å². The van der Waals surface area contributed by atoms with E-state index >= 15 is 0 Å². The maximum absolute atomic E-state index is 12.2. The van der Waals surface area contributed by atoms with Crippen LogP contribution in [-0.2, 0) is 11.2 Å². The first-order valence-corrected chi connectivity index (χ1v) is 9.32. The predicted octanol–water partition coefficient (Wildman–Crippen LogP) is 4.87. The third-order valence-corrected chi connectivity index (χ3v) is 4.89. The van der Waals surface area contributed by atoms with Crippen molar-refractivity contribution < 1.29 is 4.79 Å². The van der Waals surface area contributed by atoms with Gasteiger partial charge in [0.1, 0.15) is 0 Å². The molecular weight excluding hydrogens is 320 g/mol. The Hall–Kier alpha value is -2.55. The number of carbonyl (C=O) groups is 1. The number of carbonyl (C=O) groups excluding carboxylic acids is 1.